The molecule has 3 atom stereocenters. The van der Waals surface area contributed by atoms with Crippen molar-refractivity contribution in [2.75, 3.05) is 19.0 Å². The Kier molecular flexibility index (Phi) is 4.63. The molecule has 21 heavy (non-hydrogen) atoms. The molecule has 3 nitrogen and oxygen atoms in total. The van der Waals surface area contributed by atoms with E-state index >= 15 is 0 Å². The van der Waals surface area contributed by atoms with Crippen LogP contribution >= 0.6 is 0 Å². The number of anilines is 1. The molecule has 0 spiro atoms. The summed E-state index contributed by atoms with van der Waals surface area (Å²) >= 11 is 0. The van der Waals surface area contributed by atoms with Gasteiger partial charge < -0.3 is 15.4 Å². The Morgan fingerprint density at radius 3 is 2.81 bits per heavy atom. The average molecular weight is 292 g/mol. The summed E-state index contributed by atoms with van der Waals surface area (Å²) in [7, 11) is 1.59. The van der Waals surface area contributed by atoms with E-state index in [4.69, 9.17) is 4.74 Å². The van der Waals surface area contributed by atoms with Crippen LogP contribution in [0.15, 0.2) is 18.2 Å². The van der Waals surface area contributed by atoms with Crippen LogP contribution in [0.4, 0.5) is 10.1 Å². The van der Waals surface area contributed by atoms with Crippen LogP contribution in [0.25, 0.3) is 0 Å². The summed E-state index contributed by atoms with van der Waals surface area (Å²) in [5.74, 6) is 1.00. The fourth-order valence-corrected chi connectivity index (χ4v) is 3.88. The van der Waals surface area contributed by atoms with Gasteiger partial charge in [-0.25, -0.2) is 4.39 Å². The molecular formula is C17H25FN2O. The fourth-order valence-electron chi connectivity index (χ4n) is 3.88. The van der Waals surface area contributed by atoms with E-state index in [1.165, 1.54) is 50.7 Å². The van der Waals surface area contributed by atoms with E-state index in [1.54, 1.807) is 13.2 Å². The number of nitrogens with one attached hydrogen (secondary N) is 2. The van der Waals surface area contributed by atoms with Gasteiger partial charge in [0.05, 0.1) is 12.8 Å². The topological polar surface area (TPSA) is 33.3 Å². The van der Waals surface area contributed by atoms with Crippen molar-refractivity contribution in [2.24, 2.45) is 5.92 Å². The highest BCUT2D eigenvalue weighted by Crippen LogP contribution is 2.35. The predicted octanol–water partition coefficient (Wildman–Crippen LogP) is 3.56. The molecule has 116 valence electrons. The summed E-state index contributed by atoms with van der Waals surface area (Å²) in [4.78, 5) is 0. The van der Waals surface area contributed by atoms with Gasteiger partial charge in [-0.3, -0.25) is 0 Å². The summed E-state index contributed by atoms with van der Waals surface area (Å²) in [5.41, 5.74) is 0.911. The van der Waals surface area contributed by atoms with E-state index in [0.29, 0.717) is 23.8 Å². The molecule has 0 radical (unpaired) electrons. The number of rotatable bonds is 4. The van der Waals surface area contributed by atoms with Gasteiger partial charge in [0.2, 0.25) is 0 Å². The number of hydrogen-bond acceptors (Lipinski definition) is 3. The van der Waals surface area contributed by atoms with Crippen molar-refractivity contribution in [3.05, 3.63) is 24.0 Å². The van der Waals surface area contributed by atoms with Gasteiger partial charge in [-0.1, -0.05) is 12.8 Å². The molecule has 1 heterocycles. The van der Waals surface area contributed by atoms with Crippen molar-refractivity contribution in [2.45, 2.75) is 50.6 Å². The van der Waals surface area contributed by atoms with Crippen molar-refractivity contribution in [1.82, 2.24) is 5.32 Å². The second-order valence-electron chi connectivity index (χ2n) is 6.25. The molecule has 0 aromatic heterocycles. The second-order valence-corrected chi connectivity index (χ2v) is 6.25. The lowest BCUT2D eigenvalue weighted by Crippen LogP contribution is -2.43. The molecule has 1 aromatic carbocycles. The normalized spacial score (nSPS) is 29.3. The third kappa shape index (κ3) is 3.31. The van der Waals surface area contributed by atoms with Gasteiger partial charge >= 0.3 is 0 Å². The number of methoxy groups -OCH3 is 1. The predicted molar refractivity (Wildman–Crippen MR) is 83.3 cm³/mol. The average Bonchev–Trinajstić information content (AvgIpc) is 3.03. The largest absolute Gasteiger partial charge is 0.494 e. The van der Waals surface area contributed by atoms with Gasteiger partial charge in [0.25, 0.3) is 0 Å². The number of ether oxygens (including phenoxy) is 1. The van der Waals surface area contributed by atoms with Crippen molar-refractivity contribution in [1.29, 1.82) is 0 Å². The van der Waals surface area contributed by atoms with E-state index in [2.05, 4.69) is 10.6 Å². The van der Waals surface area contributed by atoms with Crippen LogP contribution in [0, 0.1) is 11.7 Å². The summed E-state index contributed by atoms with van der Waals surface area (Å²) in [6.45, 7) is 1.15. The van der Waals surface area contributed by atoms with Gasteiger partial charge in [-0.15, -0.1) is 0 Å². The van der Waals surface area contributed by atoms with E-state index in [0.717, 1.165) is 12.2 Å². The summed E-state index contributed by atoms with van der Waals surface area (Å²) in [5, 5.41) is 7.27. The minimum Gasteiger partial charge on any atom is -0.494 e. The molecular weight excluding hydrogens is 267 g/mol. The molecule has 3 rings (SSSR count). The Balaban J connectivity index is 1.75. The van der Waals surface area contributed by atoms with E-state index in [-0.39, 0.29) is 5.82 Å². The Morgan fingerprint density at radius 1 is 1.19 bits per heavy atom. The SMILES string of the molecule is COc1cc(F)ccc1NC1CCCCC1C1CCCN1. The van der Waals surface area contributed by atoms with Gasteiger partial charge in [0.15, 0.2) is 0 Å². The standard InChI is InChI=1S/C17H25FN2O/c1-21-17-11-12(18)8-9-16(17)20-15-6-3-2-5-13(15)14-7-4-10-19-14/h8-9,11,13-15,19-20H,2-7,10H2,1H3. The first-order valence-corrected chi connectivity index (χ1v) is 8.11. The zero-order valence-electron chi connectivity index (χ0n) is 12.7. The highest BCUT2D eigenvalue weighted by molar-refractivity contribution is 5.57. The Morgan fingerprint density at radius 2 is 2.05 bits per heavy atom. The van der Waals surface area contributed by atoms with E-state index in [9.17, 15) is 4.39 Å². The molecule has 1 saturated heterocycles. The molecule has 1 aliphatic carbocycles. The highest BCUT2D eigenvalue weighted by atomic mass is 19.1. The first-order chi connectivity index (χ1) is 10.3. The third-order valence-corrected chi connectivity index (χ3v) is 4.94. The van der Waals surface area contributed by atoms with Crippen LogP contribution in [0.2, 0.25) is 0 Å². The zero-order valence-corrected chi connectivity index (χ0v) is 12.7. The molecule has 0 bridgehead atoms. The monoisotopic (exact) mass is 292 g/mol. The zero-order chi connectivity index (χ0) is 14.7. The molecule has 2 fully saturated rings. The van der Waals surface area contributed by atoms with Crippen molar-refractivity contribution < 1.29 is 9.13 Å². The molecule has 2 N–H and O–H groups in total. The minimum absolute atomic E-state index is 0.255. The molecule has 2 aliphatic rings. The van der Waals surface area contributed by atoms with Crippen LogP contribution in [0.5, 0.6) is 5.75 Å². The van der Waals surface area contributed by atoms with Crippen LogP contribution in [0.1, 0.15) is 38.5 Å². The molecule has 1 aliphatic heterocycles. The van der Waals surface area contributed by atoms with Gasteiger partial charge in [0.1, 0.15) is 11.6 Å². The lowest BCUT2D eigenvalue weighted by Gasteiger charge is -2.37. The summed E-state index contributed by atoms with van der Waals surface area (Å²) in [6, 6.07) is 5.83. The second kappa shape index (κ2) is 6.65. The van der Waals surface area contributed by atoms with E-state index < -0.39 is 0 Å². The van der Waals surface area contributed by atoms with Crippen LogP contribution in [0.3, 0.4) is 0 Å². The van der Waals surface area contributed by atoms with Crippen LogP contribution in [-0.2, 0) is 0 Å². The number of benzene rings is 1. The molecule has 3 unspecified atom stereocenters. The molecule has 4 heteroatoms. The van der Waals surface area contributed by atoms with Gasteiger partial charge in [0, 0.05) is 18.2 Å². The van der Waals surface area contributed by atoms with E-state index in [1.807, 2.05) is 0 Å². The summed E-state index contributed by atoms with van der Waals surface area (Å²) in [6.07, 6.45) is 7.62. The molecule has 0 amide bonds. The molecule has 1 saturated carbocycles. The lowest BCUT2D eigenvalue weighted by atomic mass is 9.79. The number of halogens is 1. The highest BCUT2D eigenvalue weighted by Gasteiger charge is 2.33. The Labute approximate surface area is 126 Å². The minimum atomic E-state index is -0.255. The maximum atomic E-state index is 13.3. The van der Waals surface area contributed by atoms with Crippen molar-refractivity contribution >= 4 is 5.69 Å². The van der Waals surface area contributed by atoms with Gasteiger partial charge in [-0.05, 0) is 50.3 Å². The maximum absolute atomic E-state index is 13.3. The third-order valence-electron chi connectivity index (χ3n) is 4.94. The first-order valence-electron chi connectivity index (χ1n) is 8.11. The van der Waals surface area contributed by atoms with Crippen LogP contribution < -0.4 is 15.4 Å². The fraction of sp³-hybridized carbons (Fsp3) is 0.647. The molecule has 1 aromatic rings. The van der Waals surface area contributed by atoms with Crippen molar-refractivity contribution in [3.8, 4) is 5.75 Å². The first kappa shape index (κ1) is 14.6. The van der Waals surface area contributed by atoms with Crippen LogP contribution in [-0.4, -0.2) is 25.7 Å². The quantitative estimate of drug-likeness (QED) is 0.890. The summed E-state index contributed by atoms with van der Waals surface area (Å²) < 4.78 is 18.6. The smallest absolute Gasteiger partial charge is 0.144 e. The number of hydrogen-bond donors (Lipinski definition) is 2. The Hall–Kier alpha value is -1.29. The van der Waals surface area contributed by atoms with Crippen molar-refractivity contribution in [3.63, 3.8) is 0 Å². The maximum Gasteiger partial charge on any atom is 0.144 e. The Bertz CT molecular complexity index is 474. The van der Waals surface area contributed by atoms with Gasteiger partial charge in [-0.2, -0.15) is 0 Å². The lowest BCUT2D eigenvalue weighted by molar-refractivity contribution is 0.262.